The monoisotopic (exact) mass is 327 g/mol. The highest BCUT2D eigenvalue weighted by atomic mass is 35.5. The first kappa shape index (κ1) is 14.8. The molecule has 1 saturated heterocycles. The van der Waals surface area contributed by atoms with Gasteiger partial charge in [0, 0.05) is 16.7 Å². The molecule has 1 aromatic heterocycles. The third kappa shape index (κ3) is 2.91. The first-order valence-electron chi connectivity index (χ1n) is 6.86. The van der Waals surface area contributed by atoms with Crippen LogP contribution in [0.15, 0.2) is 18.2 Å². The second kappa shape index (κ2) is 5.91. The Labute approximate surface area is 131 Å². The summed E-state index contributed by atoms with van der Waals surface area (Å²) in [6.45, 7) is 2.67. The minimum Gasteiger partial charge on any atom is -0.376 e. The van der Waals surface area contributed by atoms with Gasteiger partial charge in [-0.3, -0.25) is 4.79 Å². The van der Waals surface area contributed by atoms with Crippen LogP contribution in [0.2, 0.25) is 5.02 Å². The Bertz CT molecular complexity index is 682. The smallest absolute Gasteiger partial charge is 0.263 e. The molecule has 2 heterocycles. The molecule has 0 spiro atoms. The van der Waals surface area contributed by atoms with Crippen molar-refractivity contribution in [3.05, 3.63) is 33.9 Å². The van der Waals surface area contributed by atoms with E-state index in [1.807, 2.05) is 6.92 Å². The number of carbonyl (C=O) groups excluding carboxylic acids is 1. The Kier molecular flexibility index (Phi) is 4.15. The highest BCUT2D eigenvalue weighted by molar-refractivity contribution is 7.21. The van der Waals surface area contributed by atoms with Gasteiger partial charge >= 0.3 is 0 Å². The van der Waals surface area contributed by atoms with Crippen molar-refractivity contribution in [3.63, 3.8) is 0 Å². The highest BCUT2D eigenvalue weighted by Gasteiger charge is 2.25. The quantitative estimate of drug-likeness (QED) is 0.925. The van der Waals surface area contributed by atoms with E-state index in [1.165, 1.54) is 23.5 Å². The lowest BCUT2D eigenvalue weighted by Gasteiger charge is -2.19. The number of hydrogen-bond acceptors (Lipinski definition) is 3. The SMILES string of the molecule is C[C@H](NC(=O)c1sc2cc(F)ccc2c1Cl)[C@H]1CCCO1. The molecule has 0 bridgehead atoms. The van der Waals surface area contributed by atoms with Crippen LogP contribution in [-0.2, 0) is 4.74 Å². The lowest BCUT2D eigenvalue weighted by atomic mass is 10.1. The van der Waals surface area contributed by atoms with E-state index in [2.05, 4.69) is 5.32 Å². The maximum atomic E-state index is 13.2. The number of amides is 1. The molecule has 1 aliphatic rings. The zero-order chi connectivity index (χ0) is 15.0. The number of hydrogen-bond donors (Lipinski definition) is 1. The van der Waals surface area contributed by atoms with E-state index in [4.69, 9.17) is 16.3 Å². The summed E-state index contributed by atoms with van der Waals surface area (Å²) in [5.74, 6) is -0.565. The first-order valence-corrected chi connectivity index (χ1v) is 8.05. The van der Waals surface area contributed by atoms with E-state index in [0.29, 0.717) is 20.0 Å². The van der Waals surface area contributed by atoms with Gasteiger partial charge in [0.25, 0.3) is 5.91 Å². The molecular formula is C15H15ClFNO2S. The van der Waals surface area contributed by atoms with E-state index in [0.717, 1.165) is 19.4 Å². The van der Waals surface area contributed by atoms with Crippen LogP contribution in [0, 0.1) is 5.82 Å². The molecule has 1 N–H and O–H groups in total. The van der Waals surface area contributed by atoms with E-state index in [-0.39, 0.29) is 23.9 Å². The van der Waals surface area contributed by atoms with E-state index < -0.39 is 0 Å². The molecule has 2 atom stereocenters. The summed E-state index contributed by atoms with van der Waals surface area (Å²) in [5.41, 5.74) is 0. The fourth-order valence-corrected chi connectivity index (χ4v) is 3.99. The number of carbonyl (C=O) groups is 1. The van der Waals surface area contributed by atoms with E-state index in [1.54, 1.807) is 6.07 Å². The Balaban J connectivity index is 1.82. The molecule has 21 heavy (non-hydrogen) atoms. The van der Waals surface area contributed by atoms with Crippen LogP contribution in [0.25, 0.3) is 10.1 Å². The van der Waals surface area contributed by atoms with Crippen molar-refractivity contribution >= 4 is 38.9 Å². The maximum absolute atomic E-state index is 13.2. The molecule has 112 valence electrons. The highest BCUT2D eigenvalue weighted by Crippen LogP contribution is 2.35. The largest absolute Gasteiger partial charge is 0.376 e. The predicted octanol–water partition coefficient (Wildman–Crippen LogP) is 3.99. The summed E-state index contributed by atoms with van der Waals surface area (Å²) in [6.07, 6.45) is 2.03. The van der Waals surface area contributed by atoms with Crippen molar-refractivity contribution in [2.24, 2.45) is 0 Å². The Morgan fingerprint density at radius 2 is 2.38 bits per heavy atom. The zero-order valence-corrected chi connectivity index (χ0v) is 13.1. The predicted molar refractivity (Wildman–Crippen MR) is 82.7 cm³/mol. The molecule has 1 amide bonds. The first-order chi connectivity index (χ1) is 10.1. The second-order valence-corrected chi connectivity index (χ2v) is 6.63. The van der Waals surface area contributed by atoms with Gasteiger partial charge in [0.1, 0.15) is 10.7 Å². The molecule has 0 radical (unpaired) electrons. The minimum atomic E-state index is -0.333. The minimum absolute atomic E-state index is 0.0551. The number of benzene rings is 1. The third-order valence-corrected chi connectivity index (χ3v) is 5.34. The molecule has 1 aliphatic heterocycles. The van der Waals surface area contributed by atoms with Gasteiger partial charge in [-0.05, 0) is 38.0 Å². The third-order valence-electron chi connectivity index (χ3n) is 3.68. The van der Waals surface area contributed by atoms with Crippen molar-refractivity contribution in [2.75, 3.05) is 6.61 Å². The standard InChI is InChI=1S/C15H15ClFNO2S/c1-8(11-3-2-6-20-11)18-15(19)14-13(16)10-5-4-9(17)7-12(10)21-14/h4-5,7-8,11H,2-3,6H2,1H3,(H,18,19)/t8-,11+/m0/s1. The summed E-state index contributed by atoms with van der Waals surface area (Å²) in [4.78, 5) is 12.8. The lowest BCUT2D eigenvalue weighted by Crippen LogP contribution is -2.40. The average Bonchev–Trinajstić information content (AvgIpc) is 3.07. The molecule has 3 nitrogen and oxygen atoms in total. The van der Waals surface area contributed by atoms with Crippen LogP contribution in [0.3, 0.4) is 0 Å². The normalized spacial score (nSPS) is 19.9. The van der Waals surface area contributed by atoms with Gasteiger partial charge in [0.2, 0.25) is 0 Å². The number of fused-ring (bicyclic) bond motifs is 1. The molecule has 1 fully saturated rings. The van der Waals surface area contributed by atoms with Gasteiger partial charge < -0.3 is 10.1 Å². The van der Waals surface area contributed by atoms with E-state index in [9.17, 15) is 9.18 Å². The molecular weight excluding hydrogens is 313 g/mol. The molecule has 6 heteroatoms. The van der Waals surface area contributed by atoms with Crippen LogP contribution in [0.4, 0.5) is 4.39 Å². The van der Waals surface area contributed by atoms with Crippen LogP contribution in [-0.4, -0.2) is 24.7 Å². The van der Waals surface area contributed by atoms with Crippen molar-refractivity contribution < 1.29 is 13.9 Å². The van der Waals surface area contributed by atoms with Gasteiger partial charge in [-0.1, -0.05) is 11.6 Å². The number of nitrogens with one attached hydrogen (secondary N) is 1. The van der Waals surface area contributed by atoms with Crippen molar-refractivity contribution in [1.82, 2.24) is 5.32 Å². The van der Waals surface area contributed by atoms with Crippen molar-refractivity contribution in [3.8, 4) is 0 Å². The molecule has 1 aromatic carbocycles. The average molecular weight is 328 g/mol. The molecule has 0 aliphatic carbocycles. The summed E-state index contributed by atoms with van der Waals surface area (Å²) in [5, 5.41) is 4.01. The fraction of sp³-hybridized carbons (Fsp3) is 0.400. The van der Waals surface area contributed by atoms with Crippen LogP contribution in [0.5, 0.6) is 0 Å². The molecule has 3 rings (SSSR count). The Morgan fingerprint density at radius 1 is 1.57 bits per heavy atom. The number of halogens is 2. The summed E-state index contributed by atoms with van der Waals surface area (Å²) < 4.78 is 19.5. The number of rotatable bonds is 3. The zero-order valence-electron chi connectivity index (χ0n) is 11.5. The lowest BCUT2D eigenvalue weighted by molar-refractivity contribution is 0.0715. The van der Waals surface area contributed by atoms with Gasteiger partial charge in [-0.25, -0.2) is 4.39 Å². The maximum Gasteiger partial charge on any atom is 0.263 e. The van der Waals surface area contributed by atoms with Crippen LogP contribution >= 0.6 is 22.9 Å². The number of thiophene rings is 1. The molecule has 2 aromatic rings. The van der Waals surface area contributed by atoms with Crippen molar-refractivity contribution in [1.29, 1.82) is 0 Å². The van der Waals surface area contributed by atoms with Crippen LogP contribution < -0.4 is 5.32 Å². The van der Waals surface area contributed by atoms with E-state index >= 15 is 0 Å². The Hall–Kier alpha value is -1.17. The Morgan fingerprint density at radius 3 is 3.10 bits per heavy atom. The molecule has 0 saturated carbocycles. The van der Waals surface area contributed by atoms with Gasteiger partial charge in [0.15, 0.2) is 0 Å². The van der Waals surface area contributed by atoms with Gasteiger partial charge in [-0.2, -0.15) is 0 Å². The van der Waals surface area contributed by atoms with Crippen LogP contribution in [0.1, 0.15) is 29.4 Å². The van der Waals surface area contributed by atoms with Crippen molar-refractivity contribution in [2.45, 2.75) is 31.9 Å². The summed E-state index contributed by atoms with van der Waals surface area (Å²) in [6, 6.07) is 4.27. The summed E-state index contributed by atoms with van der Waals surface area (Å²) >= 11 is 7.45. The second-order valence-electron chi connectivity index (χ2n) is 5.20. The fourth-order valence-electron chi connectivity index (χ4n) is 2.55. The van der Waals surface area contributed by atoms with Gasteiger partial charge in [0.05, 0.1) is 17.2 Å². The molecule has 0 unspecified atom stereocenters. The number of ether oxygens (including phenoxy) is 1. The summed E-state index contributed by atoms with van der Waals surface area (Å²) in [7, 11) is 0. The topological polar surface area (TPSA) is 38.3 Å². The van der Waals surface area contributed by atoms with Gasteiger partial charge in [-0.15, -0.1) is 11.3 Å².